The topological polar surface area (TPSA) is 228 Å². The van der Waals surface area contributed by atoms with Gasteiger partial charge in [-0.2, -0.15) is 10.2 Å². The highest BCUT2D eigenvalue weighted by Crippen LogP contribution is 2.41. The zero-order chi connectivity index (χ0) is 39.6. The molecule has 0 spiro atoms. The van der Waals surface area contributed by atoms with Crippen LogP contribution in [0.4, 0.5) is 34.1 Å². The Labute approximate surface area is 316 Å². The van der Waals surface area contributed by atoms with E-state index in [-0.39, 0.29) is 24.6 Å². The van der Waals surface area contributed by atoms with Crippen molar-refractivity contribution in [2.45, 2.75) is 32.1 Å². The fraction of sp³-hybridized carbons (Fsp3) is 0.297. The van der Waals surface area contributed by atoms with Gasteiger partial charge in [0.15, 0.2) is 0 Å². The molecule has 4 rings (SSSR count). The Morgan fingerprint density at radius 1 is 0.873 bits per heavy atom. The molecule has 55 heavy (non-hydrogen) atoms. The van der Waals surface area contributed by atoms with Crippen molar-refractivity contribution in [3.8, 4) is 11.5 Å². The molecule has 18 nitrogen and oxygen atoms in total. The van der Waals surface area contributed by atoms with Crippen LogP contribution in [0.25, 0.3) is 10.4 Å². The van der Waals surface area contributed by atoms with E-state index in [1.165, 1.54) is 45.6 Å². The van der Waals surface area contributed by atoms with Crippen LogP contribution in [0.5, 0.6) is 11.5 Å². The Hall–Kier alpha value is -6.91. The number of nitrogens with one attached hydrogen (secondary N) is 1. The van der Waals surface area contributed by atoms with Gasteiger partial charge in [-0.3, -0.25) is 14.9 Å². The molecule has 4 aromatic carbocycles. The summed E-state index contributed by atoms with van der Waals surface area (Å²) >= 11 is 0. The first-order valence-electron chi connectivity index (χ1n) is 16.9. The fourth-order valence-electron chi connectivity index (χ4n) is 4.93. The van der Waals surface area contributed by atoms with Gasteiger partial charge in [-0.15, -0.1) is 10.2 Å². The number of benzene rings is 4. The normalized spacial score (nSPS) is 11.5. The van der Waals surface area contributed by atoms with Crippen molar-refractivity contribution in [2.24, 2.45) is 25.6 Å². The summed E-state index contributed by atoms with van der Waals surface area (Å²) in [6, 6.07) is 22.9. The van der Waals surface area contributed by atoms with E-state index in [2.05, 4.69) is 35.8 Å². The molecule has 0 heterocycles. The van der Waals surface area contributed by atoms with Gasteiger partial charge in [-0.25, -0.2) is 4.79 Å². The van der Waals surface area contributed by atoms with Crippen LogP contribution < -0.4 is 19.7 Å². The molecule has 1 N–H and O–H groups in total. The van der Waals surface area contributed by atoms with Crippen LogP contribution in [0, 0.1) is 10.1 Å². The second-order valence-corrected chi connectivity index (χ2v) is 11.7. The maximum absolute atomic E-state index is 12.5. The Kier molecular flexibility index (Phi) is 15.6. The van der Waals surface area contributed by atoms with E-state index in [0.29, 0.717) is 65.7 Å². The average molecular weight is 753 g/mol. The highest BCUT2D eigenvalue weighted by Gasteiger charge is 2.13. The molecule has 1 amide bonds. The standard InChI is InChI=1S/C37H40N10O8/c1-46(21-19-35(48)39-20-5-6-36(44-45-38)55-24-25-7-9-26(10-8-25)37(49)54-4)29-15-11-27(12-16-29)40-42-31-22-34(53-3)32(23-33(31)52-2)43-41-28-13-17-30(18-14-28)47(50)51/h7-18,22-23,36H,5-6,19-21,24H2,1-4H3,(H,39,48)/b42-40+,43-41+. The van der Waals surface area contributed by atoms with Gasteiger partial charge in [0.05, 0.1) is 49.8 Å². The summed E-state index contributed by atoms with van der Waals surface area (Å²) in [5.74, 6) is 0.193. The number of anilines is 1. The minimum Gasteiger partial charge on any atom is -0.494 e. The fourth-order valence-corrected chi connectivity index (χ4v) is 4.93. The number of azide groups is 1. The van der Waals surface area contributed by atoms with E-state index in [1.54, 1.807) is 48.5 Å². The number of carbonyl (C=O) groups excluding carboxylic acids is 2. The predicted molar refractivity (Wildman–Crippen MR) is 203 cm³/mol. The van der Waals surface area contributed by atoms with Crippen molar-refractivity contribution in [3.05, 3.63) is 117 Å². The first kappa shape index (κ1) is 40.9. The number of ether oxygens (including phenoxy) is 4. The molecule has 0 aliphatic rings. The first-order valence-corrected chi connectivity index (χ1v) is 16.9. The summed E-state index contributed by atoms with van der Waals surface area (Å²) in [7, 11) is 6.16. The SMILES string of the molecule is COC(=O)c1ccc(COC(CCCNC(=O)CCN(C)c2ccc(/N=N/c3cc(OC)c(/N=N/c4ccc([N+](=O)[O-])cc4)cc3OC)cc2)N=[N+]=[N-])cc1. The minimum absolute atomic E-state index is 0.0499. The molecule has 4 aromatic rings. The summed E-state index contributed by atoms with van der Waals surface area (Å²) in [6.45, 7) is 1.05. The maximum atomic E-state index is 12.5. The van der Waals surface area contributed by atoms with Gasteiger partial charge in [0.1, 0.15) is 29.1 Å². The third-order valence-corrected chi connectivity index (χ3v) is 8.00. The molecule has 0 aliphatic heterocycles. The van der Waals surface area contributed by atoms with Crippen LogP contribution >= 0.6 is 0 Å². The van der Waals surface area contributed by atoms with E-state index < -0.39 is 17.1 Å². The number of methoxy groups -OCH3 is 3. The van der Waals surface area contributed by atoms with E-state index in [1.807, 2.05) is 24.1 Å². The highest BCUT2D eigenvalue weighted by molar-refractivity contribution is 5.89. The van der Waals surface area contributed by atoms with Gasteiger partial charge in [0.25, 0.3) is 5.69 Å². The molecular weight excluding hydrogens is 712 g/mol. The molecule has 0 saturated carbocycles. The molecule has 0 fully saturated rings. The second kappa shape index (κ2) is 21.0. The smallest absolute Gasteiger partial charge is 0.337 e. The van der Waals surface area contributed by atoms with E-state index in [9.17, 15) is 19.7 Å². The number of amides is 1. The maximum Gasteiger partial charge on any atom is 0.337 e. The van der Waals surface area contributed by atoms with Crippen LogP contribution in [0.3, 0.4) is 0 Å². The molecule has 18 heteroatoms. The Morgan fingerprint density at radius 2 is 1.45 bits per heavy atom. The second-order valence-electron chi connectivity index (χ2n) is 11.7. The number of hydrogen-bond acceptors (Lipinski definition) is 14. The molecule has 0 aromatic heterocycles. The number of azo groups is 2. The highest BCUT2D eigenvalue weighted by atomic mass is 16.6. The third kappa shape index (κ3) is 12.6. The minimum atomic E-state index is -0.707. The van der Waals surface area contributed by atoms with Crippen LogP contribution in [-0.4, -0.2) is 64.5 Å². The summed E-state index contributed by atoms with van der Waals surface area (Å²) < 4.78 is 21.4. The van der Waals surface area contributed by atoms with Gasteiger partial charge in [-0.05, 0) is 72.5 Å². The molecular formula is C37H40N10O8. The van der Waals surface area contributed by atoms with Crippen molar-refractivity contribution >= 4 is 46.0 Å². The first-order chi connectivity index (χ1) is 26.6. The number of rotatable bonds is 20. The molecule has 286 valence electrons. The Bertz CT molecular complexity index is 2020. The van der Waals surface area contributed by atoms with Gasteiger partial charge < -0.3 is 29.2 Å². The number of nitro benzene ring substituents is 1. The number of non-ortho nitro benzene ring substituents is 1. The van der Waals surface area contributed by atoms with Crippen molar-refractivity contribution in [3.63, 3.8) is 0 Å². The number of esters is 1. The quantitative estimate of drug-likeness (QED) is 0.0173. The van der Waals surface area contributed by atoms with Crippen LogP contribution in [0.15, 0.2) is 111 Å². The van der Waals surface area contributed by atoms with Crippen molar-refractivity contribution in [1.82, 2.24) is 5.32 Å². The van der Waals surface area contributed by atoms with Gasteiger partial charge >= 0.3 is 5.97 Å². The van der Waals surface area contributed by atoms with Crippen LogP contribution in [0.2, 0.25) is 0 Å². The predicted octanol–water partition coefficient (Wildman–Crippen LogP) is 8.81. The Morgan fingerprint density at radius 3 is 1.98 bits per heavy atom. The zero-order valence-corrected chi connectivity index (χ0v) is 30.7. The molecule has 0 bridgehead atoms. The average Bonchev–Trinajstić information content (AvgIpc) is 3.21. The van der Waals surface area contributed by atoms with E-state index >= 15 is 0 Å². The van der Waals surface area contributed by atoms with Crippen LogP contribution in [0.1, 0.15) is 35.2 Å². The van der Waals surface area contributed by atoms with Crippen LogP contribution in [-0.2, 0) is 20.9 Å². The monoisotopic (exact) mass is 752 g/mol. The number of nitrogens with zero attached hydrogens (tertiary/aromatic N) is 9. The van der Waals surface area contributed by atoms with E-state index in [4.69, 9.17) is 24.5 Å². The lowest BCUT2D eigenvalue weighted by atomic mass is 10.1. The molecule has 1 unspecified atom stereocenters. The van der Waals surface area contributed by atoms with Gasteiger partial charge in [-0.1, -0.05) is 17.2 Å². The van der Waals surface area contributed by atoms with Crippen molar-refractivity contribution in [2.75, 3.05) is 46.4 Å². The molecule has 0 radical (unpaired) electrons. The lowest BCUT2D eigenvalue weighted by Gasteiger charge is -2.19. The lowest BCUT2D eigenvalue weighted by molar-refractivity contribution is -0.384. The summed E-state index contributed by atoms with van der Waals surface area (Å²) in [6.07, 6.45) is 0.515. The third-order valence-electron chi connectivity index (χ3n) is 8.00. The zero-order valence-electron chi connectivity index (χ0n) is 30.7. The number of hydrogen-bond donors (Lipinski definition) is 1. The number of nitro groups is 1. The van der Waals surface area contributed by atoms with Crippen molar-refractivity contribution < 1.29 is 33.5 Å². The van der Waals surface area contributed by atoms with Crippen molar-refractivity contribution in [1.29, 1.82) is 0 Å². The summed E-state index contributed by atoms with van der Waals surface area (Å²) in [5.41, 5.74) is 12.7. The summed E-state index contributed by atoms with van der Waals surface area (Å²) in [5, 5.41) is 34.5. The molecule has 0 saturated heterocycles. The molecule has 1 atom stereocenters. The largest absolute Gasteiger partial charge is 0.494 e. The van der Waals surface area contributed by atoms with Gasteiger partial charge in [0.2, 0.25) is 5.91 Å². The van der Waals surface area contributed by atoms with Gasteiger partial charge in [0, 0.05) is 61.4 Å². The Balaban J connectivity index is 1.23. The van der Waals surface area contributed by atoms with E-state index in [0.717, 1.165) is 11.3 Å². The number of carbonyl (C=O) groups is 2. The lowest BCUT2D eigenvalue weighted by Crippen LogP contribution is -2.29. The summed E-state index contributed by atoms with van der Waals surface area (Å²) in [4.78, 5) is 39.3. The molecule has 0 aliphatic carbocycles.